The van der Waals surface area contributed by atoms with E-state index in [1.54, 1.807) is 0 Å². The molecule has 0 saturated carbocycles. The van der Waals surface area contributed by atoms with Crippen LogP contribution in [-0.2, 0) is 20.1 Å². The van der Waals surface area contributed by atoms with Crippen LogP contribution in [-0.4, -0.2) is 63.2 Å². The number of nitrogen functional groups attached to an aromatic ring is 1. The van der Waals surface area contributed by atoms with Crippen molar-refractivity contribution in [3.63, 3.8) is 0 Å². The van der Waals surface area contributed by atoms with Gasteiger partial charge in [-0.25, -0.2) is 9.36 Å². The number of aliphatic hydroxyl groups is 3. The maximum Gasteiger partial charge on any atom is 0.353 e. The van der Waals surface area contributed by atoms with Crippen molar-refractivity contribution in [2.45, 2.75) is 30.6 Å². The number of hydrogen-bond donors (Lipinski definition) is 4. The molecule has 0 bridgehead atoms. The second-order valence-electron chi connectivity index (χ2n) is 4.99. The van der Waals surface area contributed by atoms with Gasteiger partial charge in [-0.3, -0.25) is 0 Å². The fourth-order valence-electron chi connectivity index (χ4n) is 2.27. The van der Waals surface area contributed by atoms with Gasteiger partial charge in [0.05, 0.1) is 25.7 Å². The molecule has 0 unspecified atom stereocenters. The fraction of sp³-hybridized carbons (Fsp3) is 0.615. The Hall–Kier alpha value is -2.07. The predicted octanol–water partition coefficient (Wildman–Crippen LogP) is -2.55. The van der Waals surface area contributed by atoms with Crippen molar-refractivity contribution in [1.29, 1.82) is 5.26 Å². The number of nitrogens with zero attached hydrogens (tertiary/aromatic N) is 3. The molecule has 132 valence electrons. The van der Waals surface area contributed by atoms with E-state index < -0.39 is 43.3 Å². The van der Waals surface area contributed by atoms with E-state index in [-0.39, 0.29) is 18.8 Å². The number of ether oxygens (including phenoxy) is 3. The topological polar surface area (TPSA) is 173 Å². The van der Waals surface area contributed by atoms with E-state index in [0.717, 1.165) is 4.57 Å². The lowest BCUT2D eigenvalue weighted by Crippen LogP contribution is -2.52. The van der Waals surface area contributed by atoms with Gasteiger partial charge in [-0.05, 0) is 6.07 Å². The third-order valence-electron chi connectivity index (χ3n) is 3.45. The third kappa shape index (κ3) is 3.39. The molecular weight excluding hydrogens is 324 g/mol. The summed E-state index contributed by atoms with van der Waals surface area (Å²) in [5.41, 5.74) is 4.53. The van der Waals surface area contributed by atoms with Gasteiger partial charge in [-0.15, -0.1) is 0 Å². The molecule has 0 radical (unpaired) electrons. The summed E-state index contributed by atoms with van der Waals surface area (Å²) in [6.45, 7) is -1.00. The van der Waals surface area contributed by atoms with Crippen LogP contribution in [0, 0.1) is 11.3 Å². The first kappa shape index (κ1) is 18.3. The summed E-state index contributed by atoms with van der Waals surface area (Å²) in [5, 5.41) is 38.0. The van der Waals surface area contributed by atoms with Gasteiger partial charge in [0.15, 0.2) is 12.9 Å². The highest BCUT2D eigenvalue weighted by atomic mass is 16.8. The van der Waals surface area contributed by atoms with E-state index in [0.29, 0.717) is 0 Å². The van der Waals surface area contributed by atoms with Crippen LogP contribution in [0.25, 0.3) is 0 Å². The summed E-state index contributed by atoms with van der Waals surface area (Å²) in [6, 6.07) is 3.15. The van der Waals surface area contributed by atoms with Gasteiger partial charge in [0.1, 0.15) is 18.0 Å². The lowest BCUT2D eigenvalue weighted by molar-refractivity contribution is -0.342. The van der Waals surface area contributed by atoms with Crippen molar-refractivity contribution in [2.24, 2.45) is 0 Å². The Morgan fingerprint density at radius 1 is 1.54 bits per heavy atom. The first-order valence-corrected chi connectivity index (χ1v) is 7.05. The van der Waals surface area contributed by atoms with Gasteiger partial charge in [-0.1, -0.05) is 0 Å². The summed E-state index contributed by atoms with van der Waals surface area (Å²) in [4.78, 5) is 15.6. The molecule has 0 aliphatic carbocycles. The Morgan fingerprint density at radius 2 is 2.29 bits per heavy atom. The Bertz CT molecular complexity index is 660. The monoisotopic (exact) mass is 342 g/mol. The first-order valence-electron chi connectivity index (χ1n) is 7.05. The minimum Gasteiger partial charge on any atom is -0.394 e. The van der Waals surface area contributed by atoms with Crippen LogP contribution >= 0.6 is 0 Å². The van der Waals surface area contributed by atoms with E-state index >= 15 is 0 Å². The third-order valence-corrected chi connectivity index (χ3v) is 3.45. The van der Waals surface area contributed by atoms with Gasteiger partial charge in [0.2, 0.25) is 0 Å². The summed E-state index contributed by atoms with van der Waals surface area (Å²) in [6.07, 6.45) is -3.12. The Kier molecular flexibility index (Phi) is 5.84. The Morgan fingerprint density at radius 3 is 2.88 bits per heavy atom. The Labute approximate surface area is 136 Å². The summed E-state index contributed by atoms with van der Waals surface area (Å²) < 4.78 is 16.6. The van der Waals surface area contributed by atoms with Crippen LogP contribution in [0.2, 0.25) is 0 Å². The molecule has 1 aliphatic rings. The Balaban J connectivity index is 2.32. The highest BCUT2D eigenvalue weighted by Crippen LogP contribution is 2.36. The number of nitrogens with two attached hydrogens (primary N) is 1. The minimum atomic E-state index is -2.16. The van der Waals surface area contributed by atoms with E-state index in [1.807, 2.05) is 6.07 Å². The predicted molar refractivity (Wildman–Crippen MR) is 77.0 cm³/mol. The first-order chi connectivity index (χ1) is 11.5. The molecule has 11 nitrogen and oxygen atoms in total. The molecule has 1 aromatic heterocycles. The van der Waals surface area contributed by atoms with E-state index in [2.05, 4.69) is 4.98 Å². The molecule has 0 aromatic carbocycles. The maximum atomic E-state index is 12.1. The number of hydrogen-bond acceptors (Lipinski definition) is 10. The zero-order valence-corrected chi connectivity index (χ0v) is 12.6. The molecule has 11 heteroatoms. The van der Waals surface area contributed by atoms with Crippen molar-refractivity contribution < 1.29 is 29.5 Å². The van der Waals surface area contributed by atoms with Gasteiger partial charge >= 0.3 is 5.69 Å². The van der Waals surface area contributed by atoms with Crippen molar-refractivity contribution in [3.05, 3.63) is 22.7 Å². The molecule has 1 aliphatic heterocycles. The molecule has 2 rings (SSSR count). The highest BCUT2D eigenvalue weighted by molar-refractivity contribution is 5.24. The zero-order valence-electron chi connectivity index (χ0n) is 12.6. The quantitative estimate of drug-likeness (QED) is 0.305. The molecular formula is C13H18N4O7. The van der Waals surface area contributed by atoms with E-state index in [1.165, 1.54) is 12.3 Å². The average Bonchev–Trinajstić information content (AvgIpc) is 2.80. The SMILES string of the molecule is N#CCCOCO[C@@]1(n2ccc(N)nc2=O)O[C@H](CO)[C@@H](O)[C@H]1O. The zero-order chi connectivity index (χ0) is 17.7. The van der Waals surface area contributed by atoms with Gasteiger partial charge in [0.25, 0.3) is 5.91 Å². The van der Waals surface area contributed by atoms with Crippen LogP contribution in [0.3, 0.4) is 0 Å². The molecule has 5 N–H and O–H groups in total. The second kappa shape index (κ2) is 7.67. The molecule has 1 aromatic rings. The van der Waals surface area contributed by atoms with Crippen molar-refractivity contribution >= 4 is 5.82 Å². The van der Waals surface area contributed by atoms with Crippen molar-refractivity contribution in [2.75, 3.05) is 25.7 Å². The number of aliphatic hydroxyl groups excluding tert-OH is 3. The van der Waals surface area contributed by atoms with Crippen LogP contribution in [0.1, 0.15) is 6.42 Å². The fourth-order valence-corrected chi connectivity index (χ4v) is 2.27. The van der Waals surface area contributed by atoms with Crippen LogP contribution in [0.5, 0.6) is 0 Å². The van der Waals surface area contributed by atoms with E-state index in [4.69, 9.17) is 25.2 Å². The van der Waals surface area contributed by atoms with Gasteiger partial charge in [-0.2, -0.15) is 10.2 Å². The number of anilines is 1. The molecule has 1 fully saturated rings. The molecule has 0 amide bonds. The second-order valence-corrected chi connectivity index (χ2v) is 4.99. The van der Waals surface area contributed by atoms with Gasteiger partial charge in [0, 0.05) is 6.20 Å². The van der Waals surface area contributed by atoms with Crippen LogP contribution in [0.4, 0.5) is 5.82 Å². The standard InChI is InChI=1S/C13H18N4O7/c14-3-1-5-22-7-23-13(11(20)10(19)8(6-18)24-13)17-4-2-9(15)16-12(17)21/h2,4,8,10-11,18-20H,1,5-7H2,(H2,15,16,21)/t8-,10-,11-,13-/m1/s1. The largest absolute Gasteiger partial charge is 0.394 e. The molecule has 1 saturated heterocycles. The summed E-state index contributed by atoms with van der Waals surface area (Å²) in [5.74, 6) is -2.21. The summed E-state index contributed by atoms with van der Waals surface area (Å²) >= 11 is 0. The lowest BCUT2D eigenvalue weighted by Gasteiger charge is -2.32. The normalized spacial score (nSPS) is 29.5. The van der Waals surface area contributed by atoms with Crippen molar-refractivity contribution in [1.82, 2.24) is 9.55 Å². The van der Waals surface area contributed by atoms with Crippen LogP contribution < -0.4 is 11.4 Å². The molecule has 24 heavy (non-hydrogen) atoms. The number of rotatable bonds is 7. The van der Waals surface area contributed by atoms with Crippen LogP contribution in [0.15, 0.2) is 17.1 Å². The molecule has 2 heterocycles. The average molecular weight is 342 g/mol. The number of nitriles is 1. The lowest BCUT2D eigenvalue weighted by atomic mass is 10.1. The highest BCUT2D eigenvalue weighted by Gasteiger charge is 2.57. The summed E-state index contributed by atoms with van der Waals surface area (Å²) in [7, 11) is 0. The maximum absolute atomic E-state index is 12.1. The van der Waals surface area contributed by atoms with Crippen molar-refractivity contribution in [3.8, 4) is 6.07 Å². The minimum absolute atomic E-state index is 0.0524. The van der Waals surface area contributed by atoms with E-state index in [9.17, 15) is 20.1 Å². The molecule has 0 spiro atoms. The van der Waals surface area contributed by atoms with Gasteiger partial charge < -0.3 is 35.3 Å². The smallest absolute Gasteiger partial charge is 0.353 e. The molecule has 4 atom stereocenters. The number of aromatic nitrogens is 2.